The molecule has 48 heavy (non-hydrogen) atoms. The normalized spacial score (nSPS) is 13.2. The van der Waals surface area contributed by atoms with E-state index in [9.17, 15) is 0 Å². The molecule has 0 amide bonds. The molecule has 5 heteroatoms. The minimum absolute atomic E-state index is 0. The Bertz CT molecular complexity index is 2250. The zero-order valence-electron chi connectivity index (χ0n) is 27.8. The minimum Gasteiger partial charge on any atom is -0.493 e. The summed E-state index contributed by atoms with van der Waals surface area (Å²) in [6.45, 7) is 13.6. The number of benzene rings is 5. The number of hydrogen-bond donors (Lipinski definition) is 0. The number of rotatable bonds is 5. The average Bonchev–Trinajstić information content (AvgIpc) is 3.65. The minimum atomic E-state index is -0.395. The van der Waals surface area contributed by atoms with E-state index < -0.39 is 5.41 Å². The van der Waals surface area contributed by atoms with Crippen molar-refractivity contribution in [1.82, 2.24) is 9.55 Å². The first-order chi connectivity index (χ1) is 22.7. The zero-order valence-corrected chi connectivity index (χ0v) is 30.1. The van der Waals surface area contributed by atoms with Crippen LogP contribution in [0.15, 0.2) is 128 Å². The van der Waals surface area contributed by atoms with Crippen LogP contribution in [0.1, 0.15) is 51.3 Å². The number of fused-ring (bicyclic) bond motifs is 4. The van der Waals surface area contributed by atoms with Gasteiger partial charge in [-0.1, -0.05) is 94.7 Å². The van der Waals surface area contributed by atoms with Crippen molar-refractivity contribution < 1.29 is 21.1 Å². The van der Waals surface area contributed by atoms with E-state index in [0.29, 0.717) is 0 Å². The van der Waals surface area contributed by atoms with Crippen molar-refractivity contribution in [3.8, 4) is 5.82 Å². The monoisotopic (exact) mass is 804 g/mol. The predicted octanol–water partition coefficient (Wildman–Crippen LogP) is 10.8. The Labute approximate surface area is 297 Å². The first-order valence-electron chi connectivity index (χ1n) is 16.2. The molecule has 3 heterocycles. The van der Waals surface area contributed by atoms with Crippen LogP contribution in [-0.2, 0) is 31.9 Å². The average molecular weight is 805 g/mol. The Morgan fingerprint density at radius 1 is 0.625 bits per heavy atom. The van der Waals surface area contributed by atoms with Gasteiger partial charge in [0.25, 0.3) is 0 Å². The van der Waals surface area contributed by atoms with Crippen LogP contribution in [0.3, 0.4) is 0 Å². The molecular weight excluding hydrogens is 768 g/mol. The summed E-state index contributed by atoms with van der Waals surface area (Å²) >= 11 is 0. The molecule has 1 aliphatic rings. The van der Waals surface area contributed by atoms with Crippen molar-refractivity contribution >= 4 is 44.6 Å². The van der Waals surface area contributed by atoms with Crippen LogP contribution in [0.2, 0.25) is 0 Å². The van der Waals surface area contributed by atoms with E-state index in [1.54, 1.807) is 0 Å². The van der Waals surface area contributed by atoms with Crippen LogP contribution in [0, 0.1) is 18.8 Å². The van der Waals surface area contributed by atoms with Crippen LogP contribution in [-0.4, -0.2) is 9.55 Å². The van der Waals surface area contributed by atoms with E-state index in [2.05, 4.69) is 177 Å². The SMILES string of the molecule is CC(C)(C)c1cc(N2[CH-]N(c3ccccc3)c3ccccc32)[c-]c(C(C)(C)c2[c-]c3c(cc2)c2ccccc2n3-c2ccccn2)c1.[Pt]. The summed E-state index contributed by atoms with van der Waals surface area (Å²) in [5, 5.41) is 2.37. The second-order valence-corrected chi connectivity index (χ2v) is 13.9. The van der Waals surface area contributed by atoms with Gasteiger partial charge in [0.15, 0.2) is 0 Å². The number of pyridine rings is 1. The van der Waals surface area contributed by atoms with Crippen molar-refractivity contribution in [2.75, 3.05) is 9.80 Å². The number of para-hydroxylation sites is 4. The molecule has 4 nitrogen and oxygen atoms in total. The predicted molar refractivity (Wildman–Crippen MR) is 195 cm³/mol. The molecular formula is C43H37N4Pt-3. The fraction of sp³-hybridized carbons (Fsp3) is 0.163. The van der Waals surface area contributed by atoms with Gasteiger partial charge in [0.2, 0.25) is 0 Å². The molecule has 0 bridgehead atoms. The molecule has 2 aromatic heterocycles. The molecule has 0 saturated heterocycles. The van der Waals surface area contributed by atoms with Gasteiger partial charge >= 0.3 is 0 Å². The van der Waals surface area contributed by atoms with Crippen LogP contribution in [0.25, 0.3) is 27.6 Å². The Kier molecular flexibility index (Phi) is 8.04. The van der Waals surface area contributed by atoms with Gasteiger partial charge in [-0.05, 0) is 58.7 Å². The van der Waals surface area contributed by atoms with E-state index in [4.69, 9.17) is 4.98 Å². The van der Waals surface area contributed by atoms with E-state index in [0.717, 1.165) is 50.7 Å². The van der Waals surface area contributed by atoms with Crippen molar-refractivity contribution in [3.05, 3.63) is 163 Å². The molecule has 8 rings (SSSR count). The first kappa shape index (κ1) is 31.9. The molecule has 0 radical (unpaired) electrons. The van der Waals surface area contributed by atoms with Crippen LogP contribution >= 0.6 is 0 Å². The summed E-state index contributed by atoms with van der Waals surface area (Å²) in [6, 6.07) is 50.6. The van der Waals surface area contributed by atoms with Crippen molar-refractivity contribution in [2.45, 2.75) is 45.4 Å². The summed E-state index contributed by atoms with van der Waals surface area (Å²) in [6.07, 6.45) is 1.85. The molecule has 0 spiro atoms. The maximum Gasteiger partial charge on any atom is 0.135 e. The van der Waals surface area contributed by atoms with E-state index >= 15 is 0 Å². The topological polar surface area (TPSA) is 24.3 Å². The standard InChI is InChI=1S/C43H37N4.Pt/c1-42(2,3)31-25-32(27-34(26-31)46-29-45(33-15-7-6-8-16-33)38-19-11-12-20-39(38)46)43(4,5)30-22-23-36-35-17-9-10-18-37(35)47(40(36)28-30)41-21-13-14-24-44-41;/h6-26,29H,1-5H3;/q-3;. The fourth-order valence-corrected chi connectivity index (χ4v) is 6.68. The quantitative estimate of drug-likeness (QED) is 0.162. The van der Waals surface area contributed by atoms with E-state index in [-0.39, 0.29) is 26.5 Å². The van der Waals surface area contributed by atoms with Gasteiger partial charge in [-0.25, -0.2) is 4.98 Å². The maximum absolute atomic E-state index is 4.74. The molecule has 0 unspecified atom stereocenters. The fourth-order valence-electron chi connectivity index (χ4n) is 6.68. The van der Waals surface area contributed by atoms with Crippen LogP contribution in [0.5, 0.6) is 0 Å². The van der Waals surface area contributed by atoms with Gasteiger partial charge in [0, 0.05) is 49.8 Å². The molecule has 0 saturated carbocycles. The molecule has 1 aliphatic heterocycles. The zero-order chi connectivity index (χ0) is 32.3. The summed E-state index contributed by atoms with van der Waals surface area (Å²) < 4.78 is 2.24. The second-order valence-electron chi connectivity index (χ2n) is 13.9. The number of hydrogen-bond acceptors (Lipinski definition) is 3. The third-order valence-corrected chi connectivity index (χ3v) is 9.46. The van der Waals surface area contributed by atoms with Gasteiger partial charge in [-0.2, -0.15) is 47.0 Å². The third-order valence-electron chi connectivity index (χ3n) is 9.46. The Balaban J connectivity index is 0.00000364. The molecule has 7 aromatic rings. The maximum atomic E-state index is 4.74. The number of nitrogens with zero attached hydrogens (tertiary/aromatic N) is 4. The molecule has 0 atom stereocenters. The largest absolute Gasteiger partial charge is 0.493 e. The summed E-state index contributed by atoms with van der Waals surface area (Å²) in [4.78, 5) is 9.28. The van der Waals surface area contributed by atoms with Crippen molar-refractivity contribution in [1.29, 1.82) is 0 Å². The Hall–Kier alpha value is -4.66. The summed E-state index contributed by atoms with van der Waals surface area (Å²) in [5.74, 6) is 0.889. The van der Waals surface area contributed by atoms with Gasteiger partial charge in [0.1, 0.15) is 5.82 Å². The summed E-state index contributed by atoms with van der Waals surface area (Å²) in [5.41, 5.74) is 9.63. The molecule has 0 aliphatic carbocycles. The number of aromatic nitrogens is 2. The smallest absolute Gasteiger partial charge is 0.135 e. The molecule has 0 N–H and O–H groups in total. The molecule has 0 fully saturated rings. The molecule has 5 aromatic carbocycles. The van der Waals surface area contributed by atoms with E-state index in [1.165, 1.54) is 16.3 Å². The van der Waals surface area contributed by atoms with Gasteiger partial charge < -0.3 is 14.4 Å². The Morgan fingerprint density at radius 2 is 1.31 bits per heavy atom. The van der Waals surface area contributed by atoms with Crippen molar-refractivity contribution in [3.63, 3.8) is 0 Å². The summed E-state index contributed by atoms with van der Waals surface area (Å²) in [7, 11) is 0. The van der Waals surface area contributed by atoms with Gasteiger partial charge in [-0.15, -0.1) is 23.8 Å². The first-order valence-corrected chi connectivity index (χ1v) is 16.2. The van der Waals surface area contributed by atoms with Gasteiger partial charge in [0.05, 0.1) is 0 Å². The van der Waals surface area contributed by atoms with E-state index in [1.807, 2.05) is 18.3 Å². The third kappa shape index (κ3) is 5.33. The molecule has 242 valence electrons. The second kappa shape index (κ2) is 12.1. The van der Waals surface area contributed by atoms with Crippen LogP contribution in [0.4, 0.5) is 22.7 Å². The van der Waals surface area contributed by atoms with Crippen LogP contribution < -0.4 is 9.80 Å². The number of anilines is 4. The Morgan fingerprint density at radius 3 is 2.04 bits per heavy atom. The van der Waals surface area contributed by atoms with Gasteiger partial charge in [-0.3, -0.25) is 0 Å². The van der Waals surface area contributed by atoms with Crippen molar-refractivity contribution in [2.24, 2.45) is 0 Å².